The van der Waals surface area contributed by atoms with Gasteiger partial charge in [0.15, 0.2) is 11.5 Å². The van der Waals surface area contributed by atoms with Gasteiger partial charge in [0, 0.05) is 29.7 Å². The number of amides is 1. The van der Waals surface area contributed by atoms with Gasteiger partial charge in [-0.2, -0.15) is 0 Å². The Hall–Kier alpha value is -2.81. The second-order valence-corrected chi connectivity index (χ2v) is 6.74. The number of hydrogen-bond acceptors (Lipinski definition) is 6. The summed E-state index contributed by atoms with van der Waals surface area (Å²) in [6, 6.07) is 7.98. The number of nitro benzene ring substituents is 1. The molecule has 0 N–H and O–H groups in total. The van der Waals surface area contributed by atoms with Crippen LogP contribution in [0, 0.1) is 10.1 Å². The highest BCUT2D eigenvalue weighted by molar-refractivity contribution is 9.10. The third-order valence-corrected chi connectivity index (χ3v) is 4.50. The number of carbonyl (C=O) groups excluding carboxylic acids is 1. The fraction of sp³-hybridized carbons (Fsp3) is 0.316. The molecule has 0 radical (unpaired) electrons. The molecule has 0 aliphatic carbocycles. The summed E-state index contributed by atoms with van der Waals surface area (Å²) in [5.41, 5.74) is 0.331. The van der Waals surface area contributed by atoms with Crippen molar-refractivity contribution in [3.8, 4) is 17.2 Å². The van der Waals surface area contributed by atoms with Crippen molar-refractivity contribution in [2.45, 2.75) is 13.5 Å². The third-order valence-electron chi connectivity index (χ3n) is 4.01. The minimum Gasteiger partial charge on any atom is -0.496 e. The minimum atomic E-state index is -0.612. The van der Waals surface area contributed by atoms with Crippen molar-refractivity contribution in [1.29, 1.82) is 0 Å². The van der Waals surface area contributed by atoms with E-state index in [1.54, 1.807) is 20.0 Å². The Morgan fingerprint density at radius 3 is 2.39 bits per heavy atom. The van der Waals surface area contributed by atoms with Crippen molar-refractivity contribution in [2.75, 3.05) is 27.9 Å². The maximum atomic E-state index is 13.0. The van der Waals surface area contributed by atoms with Crippen LogP contribution >= 0.6 is 15.9 Å². The summed E-state index contributed by atoms with van der Waals surface area (Å²) in [7, 11) is 4.49. The summed E-state index contributed by atoms with van der Waals surface area (Å²) in [6.45, 7) is 2.30. The molecule has 0 saturated carbocycles. The Labute approximate surface area is 171 Å². The summed E-state index contributed by atoms with van der Waals surface area (Å²) >= 11 is 3.39. The molecule has 0 heterocycles. The summed E-state index contributed by atoms with van der Waals surface area (Å²) in [5.74, 6) is 0.563. The minimum absolute atomic E-state index is 0.0780. The predicted molar refractivity (Wildman–Crippen MR) is 107 cm³/mol. The van der Waals surface area contributed by atoms with E-state index in [4.69, 9.17) is 14.2 Å². The molecule has 0 aliphatic rings. The molecule has 9 heteroatoms. The van der Waals surface area contributed by atoms with Crippen molar-refractivity contribution in [2.24, 2.45) is 0 Å². The molecule has 1 amide bonds. The Kier molecular flexibility index (Phi) is 7.22. The molecule has 0 saturated heterocycles. The number of rotatable bonds is 8. The van der Waals surface area contributed by atoms with Crippen molar-refractivity contribution in [1.82, 2.24) is 4.90 Å². The molecule has 0 fully saturated rings. The fourth-order valence-electron chi connectivity index (χ4n) is 2.70. The van der Waals surface area contributed by atoms with Crippen LogP contribution in [0.4, 0.5) is 5.69 Å². The lowest BCUT2D eigenvalue weighted by Gasteiger charge is -2.20. The van der Waals surface area contributed by atoms with E-state index in [9.17, 15) is 14.9 Å². The van der Waals surface area contributed by atoms with Gasteiger partial charge in [-0.1, -0.05) is 15.9 Å². The number of benzene rings is 2. The zero-order valence-corrected chi connectivity index (χ0v) is 17.6. The van der Waals surface area contributed by atoms with E-state index in [2.05, 4.69) is 15.9 Å². The number of nitro groups is 1. The van der Waals surface area contributed by atoms with E-state index >= 15 is 0 Å². The van der Waals surface area contributed by atoms with Gasteiger partial charge in [-0.15, -0.1) is 0 Å². The maximum Gasteiger partial charge on any atom is 0.286 e. The van der Waals surface area contributed by atoms with E-state index in [0.29, 0.717) is 12.4 Å². The lowest BCUT2D eigenvalue weighted by atomic mass is 10.1. The van der Waals surface area contributed by atoms with Gasteiger partial charge in [0.05, 0.1) is 31.8 Å². The number of halogens is 1. The smallest absolute Gasteiger partial charge is 0.286 e. The number of carbonyl (C=O) groups is 1. The Balaban J connectivity index is 2.42. The van der Waals surface area contributed by atoms with Gasteiger partial charge in [0.1, 0.15) is 11.3 Å². The molecule has 0 aliphatic heterocycles. The Bertz CT molecular complexity index is 887. The molecule has 0 aromatic heterocycles. The topological polar surface area (TPSA) is 91.1 Å². The highest BCUT2D eigenvalue weighted by Gasteiger charge is 2.27. The number of ether oxygens (including phenoxy) is 3. The lowest BCUT2D eigenvalue weighted by molar-refractivity contribution is -0.385. The van der Waals surface area contributed by atoms with Crippen LogP contribution in [0.2, 0.25) is 0 Å². The molecule has 8 nitrogen and oxygen atoms in total. The molecular formula is C19H21BrN2O6. The van der Waals surface area contributed by atoms with Crippen molar-refractivity contribution < 1.29 is 23.9 Å². The van der Waals surface area contributed by atoms with Gasteiger partial charge >= 0.3 is 0 Å². The van der Waals surface area contributed by atoms with Crippen LogP contribution in [0.25, 0.3) is 0 Å². The molecule has 0 bridgehead atoms. The molecule has 2 aromatic rings. The molecule has 2 rings (SSSR count). The van der Waals surface area contributed by atoms with E-state index < -0.39 is 10.8 Å². The van der Waals surface area contributed by atoms with Crippen LogP contribution in [-0.2, 0) is 6.54 Å². The molecule has 28 heavy (non-hydrogen) atoms. The zero-order valence-electron chi connectivity index (χ0n) is 16.0. The average Bonchev–Trinajstić information content (AvgIpc) is 2.67. The zero-order chi connectivity index (χ0) is 20.8. The number of nitrogens with zero attached hydrogens (tertiary/aromatic N) is 2. The van der Waals surface area contributed by atoms with Crippen LogP contribution in [0.1, 0.15) is 22.8 Å². The number of methoxy groups -OCH3 is 2. The van der Waals surface area contributed by atoms with Crippen LogP contribution in [-0.4, -0.2) is 43.6 Å². The van der Waals surface area contributed by atoms with Gasteiger partial charge in [-0.25, -0.2) is 0 Å². The Morgan fingerprint density at radius 2 is 1.82 bits per heavy atom. The van der Waals surface area contributed by atoms with Gasteiger partial charge in [-0.05, 0) is 25.1 Å². The quantitative estimate of drug-likeness (QED) is 0.443. The maximum absolute atomic E-state index is 13.0. The van der Waals surface area contributed by atoms with Gasteiger partial charge in [0.2, 0.25) is 0 Å². The average molecular weight is 453 g/mol. The van der Waals surface area contributed by atoms with Gasteiger partial charge in [-0.3, -0.25) is 14.9 Å². The molecule has 2 aromatic carbocycles. The molecule has 0 atom stereocenters. The first-order valence-electron chi connectivity index (χ1n) is 8.39. The van der Waals surface area contributed by atoms with E-state index in [-0.39, 0.29) is 29.3 Å². The SMILES string of the molecule is CCOc1cc(C(=O)N(C)Cc2cc(Br)ccc2OC)c([N+](=O)[O-])cc1OC. The monoisotopic (exact) mass is 452 g/mol. The molecule has 150 valence electrons. The second-order valence-electron chi connectivity index (χ2n) is 5.83. The first kappa shape index (κ1) is 21.5. The molecule has 0 unspecified atom stereocenters. The van der Waals surface area contributed by atoms with E-state index in [1.807, 2.05) is 12.1 Å². The van der Waals surface area contributed by atoms with E-state index in [0.717, 1.165) is 10.0 Å². The van der Waals surface area contributed by atoms with Crippen molar-refractivity contribution >= 4 is 27.5 Å². The summed E-state index contributed by atoms with van der Waals surface area (Å²) in [4.78, 5) is 25.3. The van der Waals surface area contributed by atoms with Crippen molar-refractivity contribution in [3.05, 3.63) is 56.0 Å². The standard InChI is InChI=1S/C19H21BrN2O6/c1-5-28-18-9-14(15(22(24)25)10-17(18)27-4)19(23)21(2)11-12-8-13(20)6-7-16(12)26-3/h6-10H,5,11H2,1-4H3. The normalized spacial score (nSPS) is 10.3. The van der Waals surface area contributed by atoms with Crippen LogP contribution in [0.15, 0.2) is 34.8 Å². The molecule has 0 spiro atoms. The number of hydrogen-bond donors (Lipinski definition) is 0. The van der Waals surface area contributed by atoms with Crippen LogP contribution < -0.4 is 14.2 Å². The van der Waals surface area contributed by atoms with Crippen LogP contribution in [0.5, 0.6) is 17.2 Å². The summed E-state index contributed by atoms with van der Waals surface area (Å²) in [6.07, 6.45) is 0. The van der Waals surface area contributed by atoms with Gasteiger partial charge in [0.25, 0.3) is 11.6 Å². The fourth-order valence-corrected chi connectivity index (χ4v) is 3.11. The third kappa shape index (κ3) is 4.72. The lowest BCUT2D eigenvalue weighted by Crippen LogP contribution is -2.27. The summed E-state index contributed by atoms with van der Waals surface area (Å²) < 4.78 is 16.8. The highest BCUT2D eigenvalue weighted by atomic mass is 79.9. The first-order valence-corrected chi connectivity index (χ1v) is 9.18. The highest BCUT2D eigenvalue weighted by Crippen LogP contribution is 2.35. The van der Waals surface area contributed by atoms with Crippen LogP contribution in [0.3, 0.4) is 0 Å². The van der Waals surface area contributed by atoms with Crippen molar-refractivity contribution in [3.63, 3.8) is 0 Å². The first-order chi connectivity index (χ1) is 13.3. The van der Waals surface area contributed by atoms with Gasteiger partial charge < -0.3 is 19.1 Å². The second kappa shape index (κ2) is 9.41. The Morgan fingerprint density at radius 1 is 1.14 bits per heavy atom. The van der Waals surface area contributed by atoms with E-state index in [1.165, 1.54) is 31.3 Å². The largest absolute Gasteiger partial charge is 0.496 e. The molecular weight excluding hydrogens is 432 g/mol. The summed E-state index contributed by atoms with van der Waals surface area (Å²) in [5, 5.41) is 11.5. The predicted octanol–water partition coefficient (Wildman–Crippen LogP) is 4.05.